The Balaban J connectivity index is 1.82. The number of nitrogens with zero attached hydrogens (tertiary/aromatic N) is 1. The van der Waals surface area contributed by atoms with E-state index in [-0.39, 0.29) is 17.9 Å². The second-order valence-corrected chi connectivity index (χ2v) is 6.19. The van der Waals surface area contributed by atoms with Gasteiger partial charge in [0.2, 0.25) is 5.91 Å². The predicted molar refractivity (Wildman–Crippen MR) is 86.1 cm³/mol. The molecular weight excluding hydrogens is 282 g/mol. The van der Waals surface area contributed by atoms with Crippen molar-refractivity contribution in [1.82, 2.24) is 10.3 Å². The normalized spacial score (nSPS) is 13.7. The molecule has 1 aromatic carbocycles. The average molecular weight is 303 g/mol. The fourth-order valence-electron chi connectivity index (χ4n) is 2.12. The topological polar surface area (TPSA) is 68.0 Å². The van der Waals surface area contributed by atoms with Crippen molar-refractivity contribution in [2.45, 2.75) is 26.3 Å². The third-order valence-electron chi connectivity index (χ3n) is 3.48. The Morgan fingerprint density at radius 3 is 2.71 bits per heavy atom. The van der Waals surface area contributed by atoms with Gasteiger partial charge in [0.15, 0.2) is 0 Å². The van der Waals surface area contributed by atoms with Crippen LogP contribution in [0.2, 0.25) is 0 Å². The van der Waals surface area contributed by atoms with Crippen LogP contribution >= 0.6 is 11.3 Å². The molecular formula is C16H21N3OS. The number of nitrogens with two attached hydrogens (primary N) is 1. The van der Waals surface area contributed by atoms with Crippen LogP contribution in [0.4, 0.5) is 0 Å². The zero-order valence-electron chi connectivity index (χ0n) is 12.4. The maximum absolute atomic E-state index is 12.1. The zero-order valence-corrected chi connectivity index (χ0v) is 13.2. The summed E-state index contributed by atoms with van der Waals surface area (Å²) in [7, 11) is 0. The SMILES string of the molecule is Cc1nc(CCNC(=O)C(C)C(N)c2ccccc2)cs1. The Bertz CT molecular complexity index is 582. The van der Waals surface area contributed by atoms with Crippen LogP contribution in [0, 0.1) is 12.8 Å². The van der Waals surface area contributed by atoms with Gasteiger partial charge in [-0.25, -0.2) is 4.98 Å². The predicted octanol–water partition coefficient (Wildman–Crippen LogP) is 2.45. The van der Waals surface area contributed by atoms with Crippen molar-refractivity contribution in [3.05, 3.63) is 52.0 Å². The highest BCUT2D eigenvalue weighted by Crippen LogP contribution is 2.19. The zero-order chi connectivity index (χ0) is 15.2. The van der Waals surface area contributed by atoms with Crippen LogP contribution in [0.3, 0.4) is 0 Å². The number of carbonyl (C=O) groups is 1. The van der Waals surface area contributed by atoms with Crippen LogP contribution in [0.5, 0.6) is 0 Å². The molecule has 0 aliphatic heterocycles. The minimum Gasteiger partial charge on any atom is -0.355 e. The van der Waals surface area contributed by atoms with Gasteiger partial charge in [-0.3, -0.25) is 4.79 Å². The molecule has 0 saturated heterocycles. The molecule has 2 atom stereocenters. The van der Waals surface area contributed by atoms with E-state index in [0.29, 0.717) is 6.54 Å². The van der Waals surface area contributed by atoms with Gasteiger partial charge in [0.1, 0.15) is 0 Å². The van der Waals surface area contributed by atoms with Crippen molar-refractivity contribution in [1.29, 1.82) is 0 Å². The van der Waals surface area contributed by atoms with E-state index in [0.717, 1.165) is 22.7 Å². The monoisotopic (exact) mass is 303 g/mol. The van der Waals surface area contributed by atoms with Gasteiger partial charge in [-0.1, -0.05) is 37.3 Å². The Hall–Kier alpha value is -1.72. The highest BCUT2D eigenvalue weighted by Gasteiger charge is 2.21. The number of nitrogens with one attached hydrogen (secondary N) is 1. The van der Waals surface area contributed by atoms with Crippen LogP contribution in [0.1, 0.15) is 29.2 Å². The summed E-state index contributed by atoms with van der Waals surface area (Å²) in [6.45, 7) is 4.43. The van der Waals surface area contributed by atoms with Crippen molar-refractivity contribution in [2.24, 2.45) is 11.7 Å². The summed E-state index contributed by atoms with van der Waals surface area (Å²) >= 11 is 1.63. The smallest absolute Gasteiger partial charge is 0.224 e. The lowest BCUT2D eigenvalue weighted by Crippen LogP contribution is -2.36. The fraction of sp³-hybridized carbons (Fsp3) is 0.375. The van der Waals surface area contributed by atoms with Crippen molar-refractivity contribution < 1.29 is 4.79 Å². The summed E-state index contributed by atoms with van der Waals surface area (Å²) in [6.07, 6.45) is 0.753. The quantitative estimate of drug-likeness (QED) is 0.861. The maximum atomic E-state index is 12.1. The summed E-state index contributed by atoms with van der Waals surface area (Å²) in [5.41, 5.74) is 8.16. The van der Waals surface area contributed by atoms with Crippen LogP contribution in [0.15, 0.2) is 35.7 Å². The van der Waals surface area contributed by atoms with Gasteiger partial charge >= 0.3 is 0 Å². The summed E-state index contributed by atoms with van der Waals surface area (Å²) < 4.78 is 0. The summed E-state index contributed by atoms with van der Waals surface area (Å²) in [4.78, 5) is 16.5. The van der Waals surface area contributed by atoms with E-state index in [9.17, 15) is 4.79 Å². The van der Waals surface area contributed by atoms with E-state index < -0.39 is 0 Å². The highest BCUT2D eigenvalue weighted by atomic mass is 32.1. The molecule has 1 aromatic heterocycles. The van der Waals surface area contributed by atoms with Crippen molar-refractivity contribution in [3.8, 4) is 0 Å². The van der Waals surface area contributed by atoms with Gasteiger partial charge < -0.3 is 11.1 Å². The highest BCUT2D eigenvalue weighted by molar-refractivity contribution is 7.09. The van der Waals surface area contributed by atoms with Gasteiger partial charge in [-0.15, -0.1) is 11.3 Å². The number of benzene rings is 1. The summed E-state index contributed by atoms with van der Waals surface area (Å²) in [5, 5.41) is 6.02. The molecule has 21 heavy (non-hydrogen) atoms. The largest absolute Gasteiger partial charge is 0.355 e. The van der Waals surface area contributed by atoms with Crippen LogP contribution in [-0.2, 0) is 11.2 Å². The lowest BCUT2D eigenvalue weighted by atomic mass is 9.94. The molecule has 1 amide bonds. The minimum absolute atomic E-state index is 0.0155. The number of carbonyl (C=O) groups excluding carboxylic acids is 1. The van der Waals surface area contributed by atoms with Gasteiger partial charge in [0.05, 0.1) is 16.6 Å². The second-order valence-electron chi connectivity index (χ2n) is 5.12. The third-order valence-corrected chi connectivity index (χ3v) is 4.31. The molecule has 0 aliphatic carbocycles. The maximum Gasteiger partial charge on any atom is 0.224 e. The first-order valence-corrected chi connectivity index (χ1v) is 7.95. The molecule has 2 aromatic rings. The summed E-state index contributed by atoms with van der Waals surface area (Å²) in [5.74, 6) is -0.275. The van der Waals surface area contributed by atoms with Crippen molar-refractivity contribution >= 4 is 17.2 Å². The van der Waals surface area contributed by atoms with Crippen molar-refractivity contribution in [2.75, 3.05) is 6.54 Å². The van der Waals surface area contributed by atoms with Crippen LogP contribution in [-0.4, -0.2) is 17.4 Å². The Labute approximate surface area is 129 Å². The molecule has 5 heteroatoms. The van der Waals surface area contributed by atoms with E-state index in [1.807, 2.05) is 49.6 Å². The second kappa shape index (κ2) is 7.33. The first-order valence-electron chi connectivity index (χ1n) is 7.07. The van der Waals surface area contributed by atoms with Crippen molar-refractivity contribution in [3.63, 3.8) is 0 Å². The van der Waals surface area contributed by atoms with Gasteiger partial charge in [-0.05, 0) is 12.5 Å². The first kappa shape index (κ1) is 15.7. The molecule has 0 bridgehead atoms. The Kier molecular flexibility index (Phi) is 5.47. The molecule has 3 N–H and O–H groups in total. The van der Waals surface area contributed by atoms with E-state index >= 15 is 0 Å². The van der Waals surface area contributed by atoms with Gasteiger partial charge in [0, 0.05) is 24.4 Å². The molecule has 0 saturated carbocycles. The number of hydrogen-bond donors (Lipinski definition) is 2. The average Bonchev–Trinajstić information content (AvgIpc) is 2.92. The van der Waals surface area contributed by atoms with Crippen LogP contribution in [0.25, 0.3) is 0 Å². The van der Waals surface area contributed by atoms with E-state index in [2.05, 4.69) is 10.3 Å². The standard InChI is InChI=1S/C16H21N3OS/c1-11(15(17)13-6-4-3-5-7-13)16(20)18-9-8-14-10-21-12(2)19-14/h3-7,10-11,15H,8-9,17H2,1-2H3,(H,18,20). The number of thiazole rings is 1. The third kappa shape index (κ3) is 4.37. The molecule has 0 radical (unpaired) electrons. The van der Waals surface area contributed by atoms with Gasteiger partial charge in [0.25, 0.3) is 0 Å². The molecule has 2 rings (SSSR count). The molecule has 0 fully saturated rings. The molecule has 1 heterocycles. The molecule has 2 unspecified atom stereocenters. The molecule has 4 nitrogen and oxygen atoms in total. The number of rotatable bonds is 6. The fourth-order valence-corrected chi connectivity index (χ4v) is 2.77. The van der Waals surface area contributed by atoms with Crippen LogP contribution < -0.4 is 11.1 Å². The number of amides is 1. The Morgan fingerprint density at radius 1 is 1.38 bits per heavy atom. The number of aryl methyl sites for hydroxylation is 1. The summed E-state index contributed by atoms with van der Waals surface area (Å²) in [6, 6.07) is 9.43. The lowest BCUT2D eigenvalue weighted by molar-refractivity contribution is -0.125. The Morgan fingerprint density at radius 2 is 2.10 bits per heavy atom. The van der Waals surface area contributed by atoms with E-state index in [1.165, 1.54) is 0 Å². The van der Waals surface area contributed by atoms with E-state index in [1.54, 1.807) is 11.3 Å². The number of aromatic nitrogens is 1. The molecule has 0 aliphatic rings. The number of hydrogen-bond acceptors (Lipinski definition) is 4. The lowest BCUT2D eigenvalue weighted by Gasteiger charge is -2.19. The minimum atomic E-state index is -0.285. The first-order chi connectivity index (χ1) is 10.1. The molecule has 0 spiro atoms. The molecule has 112 valence electrons. The van der Waals surface area contributed by atoms with E-state index in [4.69, 9.17) is 5.73 Å². The van der Waals surface area contributed by atoms with Gasteiger partial charge in [-0.2, -0.15) is 0 Å².